The van der Waals surface area contributed by atoms with Gasteiger partial charge in [-0.2, -0.15) is 0 Å². The van der Waals surface area contributed by atoms with Crippen LogP contribution in [0.5, 0.6) is 5.88 Å². The van der Waals surface area contributed by atoms with Gasteiger partial charge < -0.3 is 19.9 Å². The molecule has 0 unspecified atom stereocenters. The number of aromatic nitrogens is 2. The monoisotopic (exact) mass is 470 g/mol. The van der Waals surface area contributed by atoms with E-state index >= 15 is 0 Å². The van der Waals surface area contributed by atoms with Crippen LogP contribution in [0.15, 0.2) is 24.3 Å². The Labute approximate surface area is 200 Å². The Bertz CT molecular complexity index is 1040. The largest absolute Gasteiger partial charge is 0.466 e. The van der Waals surface area contributed by atoms with Gasteiger partial charge in [-0.3, -0.25) is 4.90 Å². The van der Waals surface area contributed by atoms with Crippen LogP contribution in [0, 0.1) is 0 Å². The predicted molar refractivity (Wildman–Crippen MR) is 126 cm³/mol. The number of hydrogen-bond donors (Lipinski definition) is 1. The lowest BCUT2D eigenvalue weighted by molar-refractivity contribution is -0.143. The van der Waals surface area contributed by atoms with Crippen LogP contribution in [0.25, 0.3) is 5.69 Å². The standard InChI is InChI=1S/C25H34N4O5/c1-25(2,3)34-24(31)28-13-12-19-22(20(28)14-26)23(33-15-21(30)32-4)27-29(19)18-10-8-17(9-11-18)16-6-5-7-16/h8-11,16,20H,5-7,12-15,26H2,1-4H3/t20-/m0/s1. The molecule has 34 heavy (non-hydrogen) atoms. The summed E-state index contributed by atoms with van der Waals surface area (Å²) in [7, 11) is 1.30. The molecule has 1 aliphatic heterocycles. The van der Waals surface area contributed by atoms with Gasteiger partial charge in [0.2, 0.25) is 5.88 Å². The maximum absolute atomic E-state index is 12.9. The minimum Gasteiger partial charge on any atom is -0.466 e. The van der Waals surface area contributed by atoms with Crippen molar-refractivity contribution in [1.82, 2.24) is 14.7 Å². The summed E-state index contributed by atoms with van der Waals surface area (Å²) in [6, 6.07) is 7.93. The quantitative estimate of drug-likeness (QED) is 0.644. The molecule has 2 N–H and O–H groups in total. The lowest BCUT2D eigenvalue weighted by Gasteiger charge is -2.36. The highest BCUT2D eigenvalue weighted by Crippen LogP contribution is 2.39. The molecule has 1 saturated carbocycles. The summed E-state index contributed by atoms with van der Waals surface area (Å²) in [6.45, 7) is 5.79. The molecule has 0 radical (unpaired) electrons. The van der Waals surface area contributed by atoms with Gasteiger partial charge in [-0.1, -0.05) is 18.6 Å². The highest BCUT2D eigenvalue weighted by atomic mass is 16.6. The molecule has 1 aliphatic carbocycles. The fraction of sp³-hybridized carbons (Fsp3) is 0.560. The van der Waals surface area contributed by atoms with E-state index in [-0.39, 0.29) is 19.0 Å². The molecule has 4 rings (SSSR count). The normalized spacial score (nSPS) is 18.1. The Morgan fingerprint density at radius 3 is 2.44 bits per heavy atom. The molecule has 2 aliphatic rings. The molecule has 0 saturated heterocycles. The maximum atomic E-state index is 12.9. The third kappa shape index (κ3) is 4.89. The molecule has 2 heterocycles. The van der Waals surface area contributed by atoms with Crippen LogP contribution in [-0.2, 0) is 20.7 Å². The number of nitrogens with two attached hydrogens (primary N) is 1. The van der Waals surface area contributed by atoms with Crippen LogP contribution in [0.3, 0.4) is 0 Å². The van der Waals surface area contributed by atoms with E-state index in [1.54, 1.807) is 4.90 Å². The van der Waals surface area contributed by atoms with Gasteiger partial charge in [0, 0.05) is 19.5 Å². The Hall–Kier alpha value is -3.07. The molecule has 1 aromatic carbocycles. The van der Waals surface area contributed by atoms with E-state index in [0.29, 0.717) is 24.4 Å². The first kappa shape index (κ1) is 24.1. The summed E-state index contributed by atoms with van der Waals surface area (Å²) < 4.78 is 17.9. The Morgan fingerprint density at radius 2 is 1.88 bits per heavy atom. The molecular formula is C25H34N4O5. The van der Waals surface area contributed by atoms with Gasteiger partial charge in [0.15, 0.2) is 6.61 Å². The van der Waals surface area contributed by atoms with Crippen LogP contribution in [0.1, 0.15) is 68.8 Å². The first-order valence-electron chi connectivity index (χ1n) is 11.8. The number of rotatable bonds is 6. The predicted octanol–water partition coefficient (Wildman–Crippen LogP) is 3.48. The van der Waals surface area contributed by atoms with Crippen molar-refractivity contribution in [3.63, 3.8) is 0 Å². The van der Waals surface area contributed by atoms with E-state index in [2.05, 4.69) is 24.3 Å². The summed E-state index contributed by atoms with van der Waals surface area (Å²) in [5.74, 6) is 0.396. The molecular weight excluding hydrogens is 436 g/mol. The summed E-state index contributed by atoms with van der Waals surface area (Å²) in [6.07, 6.45) is 3.87. The molecule has 9 nitrogen and oxygen atoms in total. The van der Waals surface area contributed by atoms with E-state index < -0.39 is 23.7 Å². The number of amides is 1. The number of benzene rings is 1. The van der Waals surface area contributed by atoms with E-state index in [1.807, 2.05) is 25.5 Å². The van der Waals surface area contributed by atoms with Crippen LogP contribution < -0.4 is 10.5 Å². The minimum atomic E-state index is -0.632. The SMILES string of the molecule is COC(=O)COc1nn(-c2ccc(C3CCC3)cc2)c2c1[C@H](CN)N(C(=O)OC(C)(C)C)CC2. The van der Waals surface area contributed by atoms with Crippen LogP contribution in [0.4, 0.5) is 4.79 Å². The number of hydrogen-bond acceptors (Lipinski definition) is 7. The Balaban J connectivity index is 1.70. The average molecular weight is 471 g/mol. The molecule has 1 amide bonds. The molecule has 1 fully saturated rings. The second-order valence-electron chi connectivity index (χ2n) is 9.84. The van der Waals surface area contributed by atoms with E-state index in [4.69, 9.17) is 25.0 Å². The number of ether oxygens (including phenoxy) is 3. The van der Waals surface area contributed by atoms with Crippen molar-refractivity contribution < 1.29 is 23.8 Å². The van der Waals surface area contributed by atoms with Gasteiger partial charge in [0.1, 0.15) is 5.60 Å². The van der Waals surface area contributed by atoms with E-state index in [1.165, 1.54) is 31.9 Å². The average Bonchev–Trinajstić information content (AvgIpc) is 3.13. The van der Waals surface area contributed by atoms with Crippen LogP contribution >= 0.6 is 0 Å². The van der Waals surface area contributed by atoms with Crippen molar-refractivity contribution in [1.29, 1.82) is 0 Å². The number of carbonyl (C=O) groups excluding carboxylic acids is 2. The van der Waals surface area contributed by atoms with Crippen molar-refractivity contribution in [2.24, 2.45) is 5.73 Å². The second-order valence-corrected chi connectivity index (χ2v) is 9.84. The third-order valence-electron chi connectivity index (χ3n) is 6.41. The number of fused-ring (bicyclic) bond motifs is 1. The first-order chi connectivity index (χ1) is 16.2. The number of carbonyl (C=O) groups is 2. The van der Waals surface area contributed by atoms with Gasteiger partial charge in [0.05, 0.1) is 30.1 Å². The van der Waals surface area contributed by atoms with Crippen molar-refractivity contribution in [2.75, 3.05) is 26.8 Å². The van der Waals surface area contributed by atoms with Crippen LogP contribution in [-0.4, -0.2) is 59.2 Å². The molecule has 1 atom stereocenters. The summed E-state index contributed by atoms with van der Waals surface area (Å²) >= 11 is 0. The fourth-order valence-corrected chi connectivity index (χ4v) is 4.48. The zero-order valence-electron chi connectivity index (χ0n) is 20.4. The van der Waals surface area contributed by atoms with E-state index in [0.717, 1.165) is 11.4 Å². The molecule has 1 aromatic heterocycles. The lowest BCUT2D eigenvalue weighted by atomic mass is 9.80. The van der Waals surface area contributed by atoms with Gasteiger partial charge in [-0.15, -0.1) is 5.10 Å². The summed E-state index contributed by atoms with van der Waals surface area (Å²) in [5.41, 5.74) is 9.37. The van der Waals surface area contributed by atoms with Gasteiger partial charge >= 0.3 is 12.1 Å². The lowest BCUT2D eigenvalue weighted by Crippen LogP contribution is -2.45. The maximum Gasteiger partial charge on any atom is 0.410 e. The highest BCUT2D eigenvalue weighted by Gasteiger charge is 2.38. The van der Waals surface area contributed by atoms with Crippen molar-refractivity contribution in [2.45, 2.75) is 64.0 Å². The Morgan fingerprint density at radius 1 is 1.18 bits per heavy atom. The number of methoxy groups -OCH3 is 1. The Kier molecular flexibility index (Phi) is 6.84. The van der Waals surface area contributed by atoms with Gasteiger partial charge in [-0.05, 0) is 57.2 Å². The zero-order valence-corrected chi connectivity index (χ0v) is 20.4. The molecule has 9 heteroatoms. The second kappa shape index (κ2) is 9.66. The molecule has 2 aromatic rings. The molecule has 0 spiro atoms. The van der Waals surface area contributed by atoms with Crippen molar-refractivity contribution >= 4 is 12.1 Å². The van der Waals surface area contributed by atoms with Crippen molar-refractivity contribution in [3.8, 4) is 11.6 Å². The zero-order chi connectivity index (χ0) is 24.5. The topological polar surface area (TPSA) is 109 Å². The van der Waals surface area contributed by atoms with Gasteiger partial charge in [-0.25, -0.2) is 14.3 Å². The third-order valence-corrected chi connectivity index (χ3v) is 6.41. The van der Waals surface area contributed by atoms with Crippen molar-refractivity contribution in [3.05, 3.63) is 41.1 Å². The highest BCUT2D eigenvalue weighted by molar-refractivity contribution is 5.71. The van der Waals surface area contributed by atoms with Gasteiger partial charge in [0.25, 0.3) is 0 Å². The first-order valence-corrected chi connectivity index (χ1v) is 11.8. The molecule has 0 bridgehead atoms. The smallest absolute Gasteiger partial charge is 0.410 e. The number of esters is 1. The van der Waals surface area contributed by atoms with E-state index in [9.17, 15) is 9.59 Å². The number of nitrogens with zero attached hydrogens (tertiary/aromatic N) is 3. The summed E-state index contributed by atoms with van der Waals surface area (Å²) in [4.78, 5) is 26.3. The molecule has 184 valence electrons. The van der Waals surface area contributed by atoms with Crippen LogP contribution in [0.2, 0.25) is 0 Å². The minimum absolute atomic E-state index is 0.160. The summed E-state index contributed by atoms with van der Waals surface area (Å²) in [5, 5.41) is 4.70. The fourth-order valence-electron chi connectivity index (χ4n) is 4.48.